The Morgan fingerprint density at radius 1 is 0.909 bits per heavy atom. The smallest absolute Gasteiger partial charge is 0.00218 e. The van der Waals surface area contributed by atoms with E-state index in [4.69, 9.17) is 0 Å². The third-order valence-corrected chi connectivity index (χ3v) is 1.75. The van der Waals surface area contributed by atoms with Gasteiger partial charge in [-0.2, -0.15) is 0 Å². The number of nitrogens with zero attached hydrogens (tertiary/aromatic N) is 1. The molecule has 0 rings (SSSR count). The fourth-order valence-corrected chi connectivity index (χ4v) is 1.13. The highest BCUT2D eigenvalue weighted by Gasteiger charge is 1.93. The third-order valence-electron chi connectivity index (χ3n) is 1.75. The zero-order valence-corrected chi connectivity index (χ0v) is 8.91. The van der Waals surface area contributed by atoms with Gasteiger partial charge in [-0.05, 0) is 33.0 Å². The molecule has 0 saturated heterocycles. The van der Waals surface area contributed by atoms with E-state index >= 15 is 0 Å². The Hall–Kier alpha value is 0.250. The number of rotatable bonds is 6. The van der Waals surface area contributed by atoms with E-state index in [0.29, 0.717) is 0 Å². The second-order valence-corrected chi connectivity index (χ2v) is 3.01. The molecule has 0 aliphatic heterocycles. The van der Waals surface area contributed by atoms with Gasteiger partial charge in [-0.1, -0.05) is 26.7 Å². The Bertz CT molecular complexity index is 66.6. The largest absolute Gasteiger partial charge is 0.306 e. The van der Waals surface area contributed by atoms with Crippen LogP contribution in [-0.2, 0) is 0 Å². The molecule has 0 N–H and O–H groups in total. The van der Waals surface area contributed by atoms with Gasteiger partial charge in [0.1, 0.15) is 0 Å². The molecule has 0 atom stereocenters. The van der Waals surface area contributed by atoms with Crippen molar-refractivity contribution in [1.29, 1.82) is 0 Å². The highest BCUT2D eigenvalue weighted by atomic mass is 35.5. The average molecular weight is 180 g/mol. The van der Waals surface area contributed by atoms with Gasteiger partial charge in [-0.25, -0.2) is 0 Å². The minimum Gasteiger partial charge on any atom is -0.306 e. The van der Waals surface area contributed by atoms with Crippen LogP contribution in [0.1, 0.15) is 39.5 Å². The van der Waals surface area contributed by atoms with Crippen molar-refractivity contribution < 1.29 is 0 Å². The molecule has 0 bridgehead atoms. The lowest BCUT2D eigenvalue weighted by molar-refractivity contribution is 0.326. The van der Waals surface area contributed by atoms with Crippen molar-refractivity contribution in [2.75, 3.05) is 20.1 Å². The lowest BCUT2D eigenvalue weighted by atomic mass is 10.2. The first-order valence-electron chi connectivity index (χ1n) is 4.49. The summed E-state index contributed by atoms with van der Waals surface area (Å²) in [5.41, 5.74) is 0. The number of hydrogen-bond acceptors (Lipinski definition) is 1. The summed E-state index contributed by atoms with van der Waals surface area (Å²) in [6.45, 7) is 7.02. The monoisotopic (exact) mass is 179 g/mol. The van der Waals surface area contributed by atoms with Gasteiger partial charge >= 0.3 is 0 Å². The molecular formula is C9H22ClN. The maximum absolute atomic E-state index is 2.41. The summed E-state index contributed by atoms with van der Waals surface area (Å²) in [5, 5.41) is 0. The topological polar surface area (TPSA) is 3.24 Å². The molecule has 0 radical (unpaired) electrons. The number of unbranched alkanes of at least 4 members (excludes halogenated alkanes) is 2. The molecule has 0 aliphatic carbocycles. The van der Waals surface area contributed by atoms with Gasteiger partial charge in [0.25, 0.3) is 0 Å². The summed E-state index contributed by atoms with van der Waals surface area (Å²) < 4.78 is 0. The van der Waals surface area contributed by atoms with Gasteiger partial charge in [0.05, 0.1) is 0 Å². The van der Waals surface area contributed by atoms with Crippen LogP contribution in [0.3, 0.4) is 0 Å². The van der Waals surface area contributed by atoms with E-state index in [-0.39, 0.29) is 12.4 Å². The predicted octanol–water partition coefficient (Wildman–Crippen LogP) is 2.94. The normalized spacial score (nSPS) is 9.82. The SMILES string of the molecule is CCCCCN(C)CCC.Cl. The summed E-state index contributed by atoms with van der Waals surface area (Å²) in [5.74, 6) is 0. The zero-order valence-electron chi connectivity index (χ0n) is 8.10. The molecule has 0 unspecified atom stereocenters. The quantitative estimate of drug-likeness (QED) is 0.567. The Labute approximate surface area is 77.6 Å². The van der Waals surface area contributed by atoms with Gasteiger partial charge < -0.3 is 4.90 Å². The second kappa shape index (κ2) is 10.2. The molecule has 11 heavy (non-hydrogen) atoms. The van der Waals surface area contributed by atoms with Crippen LogP contribution in [-0.4, -0.2) is 25.0 Å². The molecule has 0 aliphatic rings. The van der Waals surface area contributed by atoms with E-state index in [1.54, 1.807) is 0 Å². The summed E-state index contributed by atoms with van der Waals surface area (Å²) in [7, 11) is 2.21. The summed E-state index contributed by atoms with van der Waals surface area (Å²) in [6, 6.07) is 0. The van der Waals surface area contributed by atoms with Crippen LogP contribution in [0.25, 0.3) is 0 Å². The lowest BCUT2D eigenvalue weighted by Crippen LogP contribution is -2.20. The number of hydrogen-bond donors (Lipinski definition) is 0. The van der Waals surface area contributed by atoms with E-state index in [0.717, 1.165) is 0 Å². The van der Waals surface area contributed by atoms with Crippen LogP contribution in [0.2, 0.25) is 0 Å². The van der Waals surface area contributed by atoms with Gasteiger partial charge in [-0.3, -0.25) is 0 Å². The standard InChI is InChI=1S/C9H21N.ClH/c1-4-6-7-9-10(3)8-5-2;/h4-9H2,1-3H3;1H. The van der Waals surface area contributed by atoms with E-state index in [1.807, 2.05) is 0 Å². The van der Waals surface area contributed by atoms with Crippen LogP contribution in [0.4, 0.5) is 0 Å². The zero-order chi connectivity index (χ0) is 7.82. The molecule has 0 aromatic heterocycles. The molecule has 0 spiro atoms. The highest BCUT2D eigenvalue weighted by molar-refractivity contribution is 5.85. The van der Waals surface area contributed by atoms with Crippen LogP contribution in [0, 0.1) is 0 Å². The molecule has 1 nitrogen and oxygen atoms in total. The van der Waals surface area contributed by atoms with Crippen molar-refractivity contribution in [2.24, 2.45) is 0 Å². The second-order valence-electron chi connectivity index (χ2n) is 3.01. The molecule has 0 aromatic carbocycles. The minimum absolute atomic E-state index is 0. The Morgan fingerprint density at radius 2 is 1.55 bits per heavy atom. The summed E-state index contributed by atoms with van der Waals surface area (Å²) >= 11 is 0. The van der Waals surface area contributed by atoms with Crippen LogP contribution in [0.15, 0.2) is 0 Å². The summed E-state index contributed by atoms with van der Waals surface area (Å²) in [4.78, 5) is 2.41. The Morgan fingerprint density at radius 3 is 2.00 bits per heavy atom. The van der Waals surface area contributed by atoms with Gasteiger partial charge in [0.15, 0.2) is 0 Å². The summed E-state index contributed by atoms with van der Waals surface area (Å²) in [6.07, 6.45) is 5.36. The van der Waals surface area contributed by atoms with Crippen molar-refractivity contribution in [3.63, 3.8) is 0 Å². The minimum atomic E-state index is 0. The first-order chi connectivity index (χ1) is 4.81. The van der Waals surface area contributed by atoms with E-state index in [2.05, 4.69) is 25.8 Å². The first-order valence-corrected chi connectivity index (χ1v) is 4.49. The Balaban J connectivity index is 0. The van der Waals surface area contributed by atoms with E-state index < -0.39 is 0 Å². The van der Waals surface area contributed by atoms with Crippen LogP contribution >= 0.6 is 12.4 Å². The fraction of sp³-hybridized carbons (Fsp3) is 1.00. The third kappa shape index (κ3) is 10.2. The highest BCUT2D eigenvalue weighted by Crippen LogP contribution is 1.96. The van der Waals surface area contributed by atoms with Crippen LogP contribution < -0.4 is 0 Å². The fourth-order valence-electron chi connectivity index (χ4n) is 1.13. The molecule has 0 amide bonds. The average Bonchev–Trinajstić information content (AvgIpc) is 1.89. The molecule has 70 valence electrons. The predicted molar refractivity (Wildman–Crippen MR) is 54.6 cm³/mol. The van der Waals surface area contributed by atoms with E-state index in [1.165, 1.54) is 38.8 Å². The maximum Gasteiger partial charge on any atom is -0.00218 e. The van der Waals surface area contributed by atoms with Gasteiger partial charge in [0.2, 0.25) is 0 Å². The molecule has 0 heterocycles. The first kappa shape index (κ1) is 13.8. The van der Waals surface area contributed by atoms with Crippen molar-refractivity contribution in [3.8, 4) is 0 Å². The molecule has 0 aromatic rings. The molecule has 0 fully saturated rings. The van der Waals surface area contributed by atoms with Crippen molar-refractivity contribution in [3.05, 3.63) is 0 Å². The van der Waals surface area contributed by atoms with E-state index in [9.17, 15) is 0 Å². The van der Waals surface area contributed by atoms with Crippen LogP contribution in [0.5, 0.6) is 0 Å². The van der Waals surface area contributed by atoms with Crippen molar-refractivity contribution >= 4 is 12.4 Å². The van der Waals surface area contributed by atoms with Crippen molar-refractivity contribution in [1.82, 2.24) is 4.90 Å². The lowest BCUT2D eigenvalue weighted by Gasteiger charge is -2.14. The number of halogens is 1. The van der Waals surface area contributed by atoms with Gasteiger partial charge in [0, 0.05) is 0 Å². The molecule has 0 saturated carbocycles. The molecular weight excluding hydrogens is 158 g/mol. The van der Waals surface area contributed by atoms with Crippen molar-refractivity contribution in [2.45, 2.75) is 39.5 Å². The maximum atomic E-state index is 2.41. The Kier molecular flexibility index (Phi) is 12.9. The van der Waals surface area contributed by atoms with Gasteiger partial charge in [-0.15, -0.1) is 12.4 Å². The molecule has 2 heteroatoms.